The molecule has 2 nitrogen and oxygen atoms in total. The fraction of sp³-hybridized carbons (Fsp3) is 0.667. The first-order valence-corrected chi connectivity index (χ1v) is 2.64. The van der Waals surface area contributed by atoms with Gasteiger partial charge in [0.2, 0.25) is 5.91 Å². The number of carbonyl (C=O) groups is 1. The van der Waals surface area contributed by atoms with Crippen molar-refractivity contribution < 1.29 is 4.79 Å². The van der Waals surface area contributed by atoms with E-state index in [-0.39, 0.29) is 11.9 Å². The summed E-state index contributed by atoms with van der Waals surface area (Å²) in [6.07, 6.45) is 0. The minimum absolute atomic E-state index is 0.125. The van der Waals surface area contributed by atoms with Crippen molar-refractivity contribution in [3.63, 3.8) is 0 Å². The molecule has 0 saturated heterocycles. The van der Waals surface area contributed by atoms with Crippen LogP contribution in [0.25, 0.3) is 0 Å². The van der Waals surface area contributed by atoms with E-state index in [0.717, 1.165) is 0 Å². The zero-order chi connectivity index (χ0) is 6.73. The van der Waals surface area contributed by atoms with Crippen LogP contribution in [0.15, 0.2) is 0 Å². The van der Waals surface area contributed by atoms with Crippen LogP contribution in [-0.2, 0) is 4.79 Å². The molecular weight excluding hydrogens is 102 g/mol. The molecule has 0 fully saturated rings. The molecule has 0 atom stereocenters. The van der Waals surface area contributed by atoms with Crippen LogP contribution >= 0.6 is 0 Å². The Bertz CT molecular complexity index is 88.5. The lowest BCUT2D eigenvalue weighted by atomic mass is 10.3. The zero-order valence-electron chi connectivity index (χ0n) is 5.64. The highest BCUT2D eigenvalue weighted by Gasteiger charge is 2.03. The van der Waals surface area contributed by atoms with Crippen molar-refractivity contribution in [3.8, 4) is 0 Å². The summed E-state index contributed by atoms with van der Waals surface area (Å²) in [6, 6.07) is 0.264. The summed E-state index contributed by atoms with van der Waals surface area (Å²) in [6.45, 7) is 7.14. The third-order valence-electron chi connectivity index (χ3n) is 1.17. The Kier molecular flexibility index (Phi) is 2.52. The number of carbonyl (C=O) groups excluding carboxylic acids is 1. The largest absolute Gasteiger partial charge is 0.343 e. The molecule has 2 heteroatoms. The lowest BCUT2D eigenvalue weighted by Gasteiger charge is -2.18. The zero-order valence-corrected chi connectivity index (χ0v) is 5.64. The number of hydrogen-bond donors (Lipinski definition) is 0. The fourth-order valence-corrected chi connectivity index (χ4v) is 0.288. The van der Waals surface area contributed by atoms with Crippen molar-refractivity contribution in [3.05, 3.63) is 6.92 Å². The van der Waals surface area contributed by atoms with Crippen molar-refractivity contribution in [1.29, 1.82) is 0 Å². The first-order valence-electron chi connectivity index (χ1n) is 2.64. The number of hydrogen-bond acceptors (Lipinski definition) is 1. The first-order chi connectivity index (χ1) is 3.55. The Balaban J connectivity index is 3.64. The van der Waals surface area contributed by atoms with E-state index < -0.39 is 0 Å². The van der Waals surface area contributed by atoms with E-state index >= 15 is 0 Å². The van der Waals surface area contributed by atoms with E-state index in [2.05, 4.69) is 6.92 Å². The van der Waals surface area contributed by atoms with Gasteiger partial charge in [-0.1, -0.05) is 0 Å². The van der Waals surface area contributed by atoms with Crippen LogP contribution < -0.4 is 0 Å². The lowest BCUT2D eigenvalue weighted by Crippen LogP contribution is -2.30. The van der Waals surface area contributed by atoms with Gasteiger partial charge in [0.25, 0.3) is 0 Å². The van der Waals surface area contributed by atoms with Gasteiger partial charge in [-0.15, -0.1) is 0 Å². The van der Waals surface area contributed by atoms with Crippen LogP contribution in [0.2, 0.25) is 0 Å². The summed E-state index contributed by atoms with van der Waals surface area (Å²) in [5.41, 5.74) is 0. The second-order valence-electron chi connectivity index (χ2n) is 2.10. The van der Waals surface area contributed by atoms with Crippen LogP contribution in [0.4, 0.5) is 0 Å². The molecule has 1 amide bonds. The third kappa shape index (κ3) is 1.96. The van der Waals surface area contributed by atoms with Gasteiger partial charge in [-0.05, 0) is 13.8 Å². The summed E-state index contributed by atoms with van der Waals surface area (Å²) in [4.78, 5) is 12.0. The molecule has 0 unspecified atom stereocenters. The predicted molar refractivity (Wildman–Crippen MR) is 33.3 cm³/mol. The highest BCUT2D eigenvalue weighted by molar-refractivity contribution is 5.80. The maximum Gasteiger partial charge on any atom is 0.223 e. The molecule has 0 aliphatic rings. The smallest absolute Gasteiger partial charge is 0.223 e. The van der Waals surface area contributed by atoms with Crippen LogP contribution in [0, 0.1) is 6.92 Å². The maximum atomic E-state index is 10.4. The maximum absolute atomic E-state index is 10.4. The van der Waals surface area contributed by atoms with Gasteiger partial charge in [-0.3, -0.25) is 4.79 Å². The molecule has 47 valence electrons. The highest BCUT2D eigenvalue weighted by atomic mass is 16.2. The molecule has 1 radical (unpaired) electrons. The Morgan fingerprint density at radius 2 is 2.00 bits per heavy atom. The van der Waals surface area contributed by atoms with Gasteiger partial charge in [-0.2, -0.15) is 0 Å². The molecule has 0 spiro atoms. The molecule has 0 aliphatic heterocycles. The van der Waals surface area contributed by atoms with Gasteiger partial charge in [0.15, 0.2) is 0 Å². The lowest BCUT2D eigenvalue weighted by molar-refractivity contribution is -0.126. The van der Waals surface area contributed by atoms with E-state index in [1.165, 1.54) is 0 Å². The summed E-state index contributed by atoms with van der Waals surface area (Å²) in [7, 11) is 1.74. The number of amides is 1. The normalized spacial score (nSPS) is 9.62. The molecule has 0 heterocycles. The summed E-state index contributed by atoms with van der Waals surface area (Å²) in [5, 5.41) is 0. The molecule has 0 rings (SSSR count). The predicted octanol–water partition coefficient (Wildman–Crippen LogP) is 0.687. The molecule has 8 heavy (non-hydrogen) atoms. The molecular formula is C6H12NO. The molecule has 0 N–H and O–H groups in total. The Labute approximate surface area is 50.5 Å². The van der Waals surface area contributed by atoms with E-state index in [1.807, 2.05) is 13.8 Å². The summed E-state index contributed by atoms with van der Waals surface area (Å²) >= 11 is 0. The molecule has 0 bridgehead atoms. The summed E-state index contributed by atoms with van der Waals surface area (Å²) in [5.74, 6) is -0.125. The van der Waals surface area contributed by atoms with Gasteiger partial charge >= 0.3 is 0 Å². The summed E-state index contributed by atoms with van der Waals surface area (Å²) < 4.78 is 0. The van der Waals surface area contributed by atoms with Crippen LogP contribution in [0.3, 0.4) is 0 Å². The minimum Gasteiger partial charge on any atom is -0.343 e. The topological polar surface area (TPSA) is 20.3 Å². The van der Waals surface area contributed by atoms with E-state index in [4.69, 9.17) is 0 Å². The van der Waals surface area contributed by atoms with Crippen LogP contribution in [-0.4, -0.2) is 23.9 Å². The average molecular weight is 114 g/mol. The Hall–Kier alpha value is -0.530. The van der Waals surface area contributed by atoms with Gasteiger partial charge < -0.3 is 4.90 Å². The van der Waals surface area contributed by atoms with Gasteiger partial charge in [0, 0.05) is 20.0 Å². The van der Waals surface area contributed by atoms with Crippen LogP contribution in [0.1, 0.15) is 13.8 Å². The molecule has 0 aromatic rings. The number of rotatable bonds is 1. The second kappa shape index (κ2) is 2.70. The van der Waals surface area contributed by atoms with Crippen molar-refractivity contribution in [2.45, 2.75) is 19.9 Å². The average Bonchev–Trinajstić information content (AvgIpc) is 1.64. The van der Waals surface area contributed by atoms with Gasteiger partial charge in [0.05, 0.1) is 0 Å². The Morgan fingerprint density at radius 1 is 1.62 bits per heavy atom. The fourth-order valence-electron chi connectivity index (χ4n) is 0.288. The monoisotopic (exact) mass is 114 g/mol. The van der Waals surface area contributed by atoms with Crippen molar-refractivity contribution in [2.24, 2.45) is 0 Å². The van der Waals surface area contributed by atoms with Gasteiger partial charge in [-0.25, -0.2) is 0 Å². The van der Waals surface area contributed by atoms with Gasteiger partial charge in [0.1, 0.15) is 0 Å². The second-order valence-corrected chi connectivity index (χ2v) is 2.10. The molecule has 0 aliphatic carbocycles. The van der Waals surface area contributed by atoms with E-state index in [1.54, 1.807) is 11.9 Å². The van der Waals surface area contributed by atoms with Crippen LogP contribution in [0.5, 0.6) is 0 Å². The van der Waals surface area contributed by atoms with Crippen molar-refractivity contribution >= 4 is 5.91 Å². The van der Waals surface area contributed by atoms with Crippen molar-refractivity contribution in [2.75, 3.05) is 7.05 Å². The molecule has 0 aromatic heterocycles. The molecule has 0 aromatic carbocycles. The standard InChI is InChI=1S/C6H12NO/c1-5(2)7(4)6(3)8/h5H,3H2,1-2,4H3. The van der Waals surface area contributed by atoms with E-state index in [9.17, 15) is 4.79 Å². The first kappa shape index (κ1) is 7.47. The van der Waals surface area contributed by atoms with E-state index in [0.29, 0.717) is 0 Å². The minimum atomic E-state index is -0.125. The highest BCUT2D eigenvalue weighted by Crippen LogP contribution is 1.91. The quantitative estimate of drug-likeness (QED) is 0.491. The number of nitrogens with zero attached hydrogens (tertiary/aromatic N) is 1. The Morgan fingerprint density at radius 3 is 2.00 bits per heavy atom. The third-order valence-corrected chi connectivity index (χ3v) is 1.17. The molecule has 0 saturated carbocycles. The van der Waals surface area contributed by atoms with Crippen molar-refractivity contribution in [1.82, 2.24) is 4.90 Å². The SMILES string of the molecule is [CH2]C(=O)N(C)C(C)C.